The van der Waals surface area contributed by atoms with Crippen molar-refractivity contribution in [3.63, 3.8) is 0 Å². The van der Waals surface area contributed by atoms with Gasteiger partial charge in [0.2, 0.25) is 5.91 Å². The van der Waals surface area contributed by atoms with Gasteiger partial charge < -0.3 is 16.0 Å². The lowest BCUT2D eigenvalue weighted by Gasteiger charge is -2.20. The topological polar surface area (TPSA) is 90.5 Å². The Labute approximate surface area is 194 Å². The number of rotatable bonds is 8. The van der Waals surface area contributed by atoms with Crippen LogP contribution >= 0.6 is 35.0 Å². The van der Waals surface area contributed by atoms with Crippen molar-refractivity contribution < 1.29 is 14.4 Å². The first-order chi connectivity index (χ1) is 14.9. The number of anilines is 2. The number of carbonyl (C=O) groups is 3. The van der Waals surface area contributed by atoms with Crippen molar-refractivity contribution in [2.24, 2.45) is 0 Å². The van der Waals surface area contributed by atoms with E-state index in [9.17, 15) is 14.4 Å². The standard InChI is InChI=1S/C21H22Cl2N4O3S/c1-31-10-7-18(26-19(28)16-6-5-13(22)11-17(16)23)20(29)25-14-3-2-4-15(12-14)27-9-8-24-21(27)30/h2-6,11-12,18H,7-10H2,1H3,(H,24,30)(H,25,29)(H,26,28). The third kappa shape index (κ3) is 6.06. The second kappa shape index (κ2) is 10.7. The van der Waals surface area contributed by atoms with Gasteiger partial charge in [-0.05, 0) is 54.8 Å². The number of nitrogens with one attached hydrogen (secondary N) is 3. The first-order valence-corrected chi connectivity index (χ1v) is 11.7. The minimum absolute atomic E-state index is 0.173. The summed E-state index contributed by atoms with van der Waals surface area (Å²) in [5, 5.41) is 8.97. The first-order valence-electron chi connectivity index (χ1n) is 9.60. The molecule has 1 atom stereocenters. The van der Waals surface area contributed by atoms with Gasteiger partial charge in [-0.3, -0.25) is 14.5 Å². The molecule has 10 heteroatoms. The summed E-state index contributed by atoms with van der Waals surface area (Å²) in [5.41, 5.74) is 1.47. The highest BCUT2D eigenvalue weighted by molar-refractivity contribution is 7.98. The smallest absolute Gasteiger partial charge is 0.321 e. The van der Waals surface area contributed by atoms with E-state index in [-0.39, 0.29) is 22.5 Å². The summed E-state index contributed by atoms with van der Waals surface area (Å²) in [6.07, 6.45) is 2.37. The minimum atomic E-state index is -0.759. The molecule has 164 valence electrons. The molecule has 1 unspecified atom stereocenters. The molecule has 2 aromatic rings. The number of hydrogen-bond donors (Lipinski definition) is 3. The van der Waals surface area contributed by atoms with Gasteiger partial charge in [-0.2, -0.15) is 11.8 Å². The Bertz CT molecular complexity index is 989. The van der Waals surface area contributed by atoms with Gasteiger partial charge in [-0.15, -0.1) is 0 Å². The van der Waals surface area contributed by atoms with E-state index in [1.54, 1.807) is 47.0 Å². The van der Waals surface area contributed by atoms with Crippen molar-refractivity contribution in [3.8, 4) is 0 Å². The second-order valence-corrected chi connectivity index (χ2v) is 8.68. The van der Waals surface area contributed by atoms with Crippen molar-refractivity contribution >= 4 is 64.2 Å². The molecule has 0 saturated carbocycles. The quantitative estimate of drug-likeness (QED) is 0.532. The Morgan fingerprint density at radius 1 is 1.23 bits per heavy atom. The first kappa shape index (κ1) is 23.2. The maximum Gasteiger partial charge on any atom is 0.321 e. The van der Waals surface area contributed by atoms with E-state index in [4.69, 9.17) is 23.2 Å². The minimum Gasteiger partial charge on any atom is -0.340 e. The summed E-state index contributed by atoms with van der Waals surface area (Å²) in [4.78, 5) is 39.1. The molecule has 1 fully saturated rings. The van der Waals surface area contributed by atoms with Crippen LogP contribution in [0.2, 0.25) is 10.0 Å². The SMILES string of the molecule is CSCCC(NC(=O)c1ccc(Cl)cc1Cl)C(=O)Nc1cccc(N2CCNC2=O)c1. The molecule has 0 aliphatic carbocycles. The average Bonchev–Trinajstić information content (AvgIpc) is 3.17. The van der Waals surface area contributed by atoms with Gasteiger partial charge in [0.15, 0.2) is 0 Å². The molecule has 1 aliphatic heterocycles. The van der Waals surface area contributed by atoms with Crippen LogP contribution < -0.4 is 20.9 Å². The fourth-order valence-corrected chi connectivity index (χ4v) is 4.08. The second-order valence-electron chi connectivity index (χ2n) is 6.85. The highest BCUT2D eigenvalue weighted by atomic mass is 35.5. The zero-order valence-corrected chi connectivity index (χ0v) is 19.1. The summed E-state index contributed by atoms with van der Waals surface area (Å²) in [5.74, 6) is -0.123. The van der Waals surface area contributed by atoms with Gasteiger partial charge in [0, 0.05) is 29.5 Å². The molecule has 1 heterocycles. The van der Waals surface area contributed by atoms with E-state index in [1.807, 2.05) is 6.26 Å². The van der Waals surface area contributed by atoms with Crippen molar-refractivity contribution in [2.75, 3.05) is 35.3 Å². The summed E-state index contributed by atoms with van der Waals surface area (Å²) in [6.45, 7) is 1.13. The summed E-state index contributed by atoms with van der Waals surface area (Å²) < 4.78 is 0. The van der Waals surface area contributed by atoms with Gasteiger partial charge in [-0.1, -0.05) is 29.3 Å². The van der Waals surface area contributed by atoms with E-state index in [0.29, 0.717) is 41.7 Å². The monoisotopic (exact) mass is 480 g/mol. The Balaban J connectivity index is 1.72. The molecule has 3 rings (SSSR count). The number of thioether (sulfide) groups is 1. The normalized spacial score (nSPS) is 14.2. The van der Waals surface area contributed by atoms with Crippen LogP contribution in [-0.4, -0.2) is 49.0 Å². The zero-order chi connectivity index (χ0) is 22.4. The summed E-state index contributed by atoms with van der Waals surface area (Å²) in [7, 11) is 0. The molecule has 1 aliphatic rings. The molecule has 0 bridgehead atoms. The van der Waals surface area contributed by atoms with Crippen LogP contribution in [0.3, 0.4) is 0 Å². The Kier molecular flexibility index (Phi) is 8.06. The molecule has 2 aromatic carbocycles. The number of halogens is 2. The van der Waals surface area contributed by atoms with Crippen molar-refractivity contribution in [2.45, 2.75) is 12.5 Å². The molecule has 31 heavy (non-hydrogen) atoms. The van der Waals surface area contributed by atoms with Crippen molar-refractivity contribution in [1.82, 2.24) is 10.6 Å². The highest BCUT2D eigenvalue weighted by Crippen LogP contribution is 2.23. The largest absolute Gasteiger partial charge is 0.340 e. The molecular formula is C21H22Cl2N4O3S. The lowest BCUT2D eigenvalue weighted by molar-refractivity contribution is -0.118. The molecule has 0 radical (unpaired) electrons. The van der Waals surface area contributed by atoms with Crippen LogP contribution in [0.1, 0.15) is 16.8 Å². The van der Waals surface area contributed by atoms with Gasteiger partial charge >= 0.3 is 6.03 Å². The third-order valence-corrected chi connectivity index (χ3v) is 5.88. The molecular weight excluding hydrogens is 459 g/mol. The van der Waals surface area contributed by atoms with E-state index < -0.39 is 11.9 Å². The number of hydrogen-bond acceptors (Lipinski definition) is 4. The van der Waals surface area contributed by atoms with Crippen LogP contribution in [0.15, 0.2) is 42.5 Å². The molecule has 7 nitrogen and oxygen atoms in total. The molecule has 0 spiro atoms. The van der Waals surface area contributed by atoms with Gasteiger partial charge in [0.1, 0.15) is 6.04 Å². The predicted molar refractivity (Wildman–Crippen MR) is 127 cm³/mol. The molecule has 3 N–H and O–H groups in total. The predicted octanol–water partition coefficient (Wildman–Crippen LogP) is 4.01. The average molecular weight is 481 g/mol. The van der Waals surface area contributed by atoms with Crippen LogP contribution in [0.5, 0.6) is 0 Å². The Hall–Kier alpha value is -2.42. The third-order valence-electron chi connectivity index (χ3n) is 4.69. The maximum absolute atomic E-state index is 12.9. The number of urea groups is 1. The fraction of sp³-hybridized carbons (Fsp3) is 0.286. The van der Waals surface area contributed by atoms with Crippen LogP contribution in [0.25, 0.3) is 0 Å². The van der Waals surface area contributed by atoms with Gasteiger partial charge in [-0.25, -0.2) is 4.79 Å². The summed E-state index contributed by atoms with van der Waals surface area (Å²) >= 11 is 13.6. The molecule has 1 saturated heterocycles. The number of amides is 4. The van der Waals surface area contributed by atoms with Crippen LogP contribution in [0, 0.1) is 0 Å². The zero-order valence-electron chi connectivity index (χ0n) is 16.8. The summed E-state index contributed by atoms with van der Waals surface area (Å²) in [6, 6.07) is 10.7. The number of nitrogens with zero attached hydrogens (tertiary/aromatic N) is 1. The van der Waals surface area contributed by atoms with E-state index in [2.05, 4.69) is 16.0 Å². The van der Waals surface area contributed by atoms with Crippen LogP contribution in [-0.2, 0) is 4.79 Å². The lowest BCUT2D eigenvalue weighted by atomic mass is 10.1. The van der Waals surface area contributed by atoms with E-state index >= 15 is 0 Å². The maximum atomic E-state index is 12.9. The molecule has 0 aromatic heterocycles. The Morgan fingerprint density at radius 3 is 2.71 bits per heavy atom. The van der Waals surface area contributed by atoms with E-state index in [0.717, 1.165) is 0 Å². The van der Waals surface area contributed by atoms with E-state index in [1.165, 1.54) is 12.1 Å². The molecule has 4 amide bonds. The van der Waals surface area contributed by atoms with Crippen molar-refractivity contribution in [3.05, 3.63) is 58.1 Å². The van der Waals surface area contributed by atoms with Gasteiger partial charge in [0.05, 0.1) is 10.6 Å². The van der Waals surface area contributed by atoms with Crippen molar-refractivity contribution in [1.29, 1.82) is 0 Å². The Morgan fingerprint density at radius 2 is 2.03 bits per heavy atom. The van der Waals surface area contributed by atoms with Gasteiger partial charge in [0.25, 0.3) is 5.91 Å². The van der Waals surface area contributed by atoms with Crippen LogP contribution in [0.4, 0.5) is 16.2 Å². The highest BCUT2D eigenvalue weighted by Gasteiger charge is 2.24. The fourth-order valence-electron chi connectivity index (χ4n) is 3.11. The number of carbonyl (C=O) groups excluding carboxylic acids is 3. The number of benzene rings is 2. The lowest BCUT2D eigenvalue weighted by Crippen LogP contribution is -2.44.